The maximum Gasteiger partial charge on any atom is 0.241 e. The van der Waals surface area contributed by atoms with E-state index in [1.807, 2.05) is 27.7 Å². The maximum absolute atomic E-state index is 14.2. The van der Waals surface area contributed by atoms with E-state index in [-0.39, 0.29) is 36.0 Å². The Balaban J connectivity index is 0.000000186. The van der Waals surface area contributed by atoms with Crippen molar-refractivity contribution < 1.29 is 27.2 Å². The minimum atomic E-state index is -0.560. The van der Waals surface area contributed by atoms with Gasteiger partial charge < -0.3 is 21.3 Å². The molecule has 0 atom stereocenters. The molecule has 0 fully saturated rings. The fraction of sp³-hybridized carbons (Fsp3) is 0.182. The third-order valence-electron chi connectivity index (χ3n) is 9.48. The van der Waals surface area contributed by atoms with Crippen molar-refractivity contribution in [3.8, 4) is 22.5 Å². The summed E-state index contributed by atoms with van der Waals surface area (Å²) in [6, 6.07) is 13.3. The Kier molecular flexibility index (Phi) is 12.8. The van der Waals surface area contributed by atoms with E-state index in [0.717, 1.165) is 47.5 Å². The maximum atomic E-state index is 14.2. The first-order chi connectivity index (χ1) is 29.9. The van der Waals surface area contributed by atoms with Crippen LogP contribution in [-0.4, -0.2) is 64.4 Å². The molecule has 316 valence electrons. The van der Waals surface area contributed by atoms with Gasteiger partial charge in [0.05, 0.1) is 35.2 Å². The lowest BCUT2D eigenvalue weighted by Gasteiger charge is -2.14. The molecule has 0 aliphatic heterocycles. The van der Waals surface area contributed by atoms with E-state index in [1.165, 1.54) is 4.68 Å². The minimum absolute atomic E-state index is 0.0484. The lowest BCUT2D eigenvalue weighted by molar-refractivity contribution is -0.122. The number of rotatable bonds is 12. The topological polar surface area (TPSA) is 169 Å². The summed E-state index contributed by atoms with van der Waals surface area (Å²) in [5, 5.41) is 20.8. The van der Waals surface area contributed by atoms with Gasteiger partial charge in [-0.2, -0.15) is 10.2 Å². The summed E-state index contributed by atoms with van der Waals surface area (Å²) in [6.45, 7) is 8.60. The molecule has 2 aromatic carbocycles. The number of halogens is 4. The average molecular weight is 845 g/mol. The fourth-order valence-electron chi connectivity index (χ4n) is 6.47. The predicted molar refractivity (Wildman–Crippen MR) is 228 cm³/mol. The van der Waals surface area contributed by atoms with Crippen molar-refractivity contribution in [2.24, 2.45) is 0 Å². The normalized spacial score (nSPS) is 11.0. The van der Waals surface area contributed by atoms with E-state index < -0.39 is 23.3 Å². The van der Waals surface area contributed by atoms with Crippen LogP contribution in [0.2, 0.25) is 0 Å². The predicted octanol–water partition coefficient (Wildman–Crippen LogP) is 7.92. The molecule has 4 N–H and O–H groups in total. The minimum Gasteiger partial charge on any atom is -0.355 e. The number of carbonyl (C=O) groups excluding carboxylic acids is 2. The molecule has 0 saturated heterocycles. The number of pyridine rings is 4. The van der Waals surface area contributed by atoms with E-state index in [9.17, 15) is 27.2 Å². The van der Waals surface area contributed by atoms with E-state index >= 15 is 0 Å². The van der Waals surface area contributed by atoms with Crippen molar-refractivity contribution in [2.45, 2.75) is 40.8 Å². The Morgan fingerprint density at radius 1 is 0.613 bits per heavy atom. The molecule has 18 heteroatoms. The molecule has 8 rings (SSSR count). The van der Waals surface area contributed by atoms with Crippen molar-refractivity contribution in [2.75, 3.05) is 23.7 Å². The molecule has 0 bridgehead atoms. The zero-order chi connectivity index (χ0) is 43.9. The number of nitrogens with zero attached hydrogens (tertiary/aromatic N) is 8. The van der Waals surface area contributed by atoms with Crippen LogP contribution in [0.5, 0.6) is 0 Å². The van der Waals surface area contributed by atoms with Gasteiger partial charge in [0.1, 0.15) is 58.4 Å². The molecular formula is C44H40F4N12O2. The second-order valence-electron chi connectivity index (χ2n) is 14.0. The number of aryl methyl sites for hydroxylation is 2. The van der Waals surface area contributed by atoms with Gasteiger partial charge >= 0.3 is 0 Å². The lowest BCUT2D eigenvalue weighted by Crippen LogP contribution is -2.27. The van der Waals surface area contributed by atoms with Gasteiger partial charge in [0.25, 0.3) is 0 Å². The summed E-state index contributed by atoms with van der Waals surface area (Å²) in [6.07, 6.45) is 9.73. The molecule has 6 heterocycles. The highest BCUT2D eigenvalue weighted by molar-refractivity contribution is 5.92. The third-order valence-corrected chi connectivity index (χ3v) is 9.48. The molecule has 0 unspecified atom stereocenters. The molecule has 0 saturated carbocycles. The van der Waals surface area contributed by atoms with Gasteiger partial charge in [0.15, 0.2) is 0 Å². The van der Waals surface area contributed by atoms with Crippen molar-refractivity contribution in [1.29, 1.82) is 0 Å². The standard InChI is InChI=1S/2C22H20F2N6O/c1-3-25-21(31)12-30-11-20-22(29-30)17(6-7-26-20)28-18-9-19(27-10-13(18)2)15-8-14(23)4-5-16(15)24;1-3-25-21(31)12-30-22-17(6-7-26-20(22)11-28-30)29-18-9-19(27-10-13(18)2)15-8-14(23)4-5-16(15)24/h4-11H,3,12H2,1-2H3,(H,25,31)(H,27,28);4-11H,3,12H2,1-2H3,(H,25,31)(H,26,27,29). The third kappa shape index (κ3) is 9.65. The average Bonchev–Trinajstić information content (AvgIpc) is 3.86. The lowest BCUT2D eigenvalue weighted by atomic mass is 10.1. The van der Waals surface area contributed by atoms with Crippen LogP contribution < -0.4 is 21.3 Å². The molecule has 0 aliphatic rings. The first kappa shape index (κ1) is 42.4. The molecule has 0 radical (unpaired) electrons. The monoisotopic (exact) mass is 844 g/mol. The number of carbonyl (C=O) groups is 2. The van der Waals surface area contributed by atoms with Crippen LogP contribution in [0.4, 0.5) is 40.3 Å². The van der Waals surface area contributed by atoms with Gasteiger partial charge in [0, 0.05) is 60.4 Å². The van der Waals surface area contributed by atoms with E-state index in [4.69, 9.17) is 0 Å². The first-order valence-electron chi connectivity index (χ1n) is 19.4. The van der Waals surface area contributed by atoms with E-state index in [1.54, 1.807) is 66.1 Å². The number of hydrogen-bond acceptors (Lipinski definition) is 10. The van der Waals surface area contributed by atoms with Crippen molar-refractivity contribution in [3.05, 3.63) is 132 Å². The molecule has 8 aromatic rings. The second kappa shape index (κ2) is 18.7. The quantitative estimate of drug-likeness (QED) is 0.0887. The zero-order valence-corrected chi connectivity index (χ0v) is 34.0. The van der Waals surface area contributed by atoms with E-state index in [2.05, 4.69) is 51.4 Å². The Hall–Kier alpha value is -7.76. The van der Waals surface area contributed by atoms with Crippen LogP contribution >= 0.6 is 0 Å². The summed E-state index contributed by atoms with van der Waals surface area (Å²) < 4.78 is 58.8. The van der Waals surface area contributed by atoms with Crippen LogP contribution in [0.15, 0.2) is 97.8 Å². The van der Waals surface area contributed by atoms with Crippen LogP contribution in [-0.2, 0) is 22.7 Å². The highest BCUT2D eigenvalue weighted by atomic mass is 19.1. The van der Waals surface area contributed by atoms with Crippen molar-refractivity contribution in [3.63, 3.8) is 0 Å². The molecule has 0 spiro atoms. The number of nitrogens with one attached hydrogen (secondary N) is 4. The summed E-state index contributed by atoms with van der Waals surface area (Å²) in [5.41, 5.74) is 7.52. The SMILES string of the molecule is CCNC(=O)Cn1cc2nccc(Nc3cc(-c4cc(F)ccc4F)ncc3C)c2n1.CCNC(=O)Cn1ncc2nccc(Nc3cc(-c4cc(F)ccc4F)ncc3C)c21. The number of hydrogen-bond donors (Lipinski definition) is 4. The Morgan fingerprint density at radius 3 is 1.73 bits per heavy atom. The van der Waals surface area contributed by atoms with Gasteiger partial charge in [0.2, 0.25) is 11.8 Å². The Bertz CT molecular complexity index is 2930. The van der Waals surface area contributed by atoms with Crippen molar-refractivity contribution in [1.82, 2.24) is 50.1 Å². The fourth-order valence-corrected chi connectivity index (χ4v) is 6.47. The highest BCUT2D eigenvalue weighted by Crippen LogP contribution is 2.32. The summed E-state index contributed by atoms with van der Waals surface area (Å²) >= 11 is 0. The smallest absolute Gasteiger partial charge is 0.241 e. The van der Waals surface area contributed by atoms with Crippen LogP contribution in [0.1, 0.15) is 25.0 Å². The van der Waals surface area contributed by atoms with Gasteiger partial charge in [-0.3, -0.25) is 38.9 Å². The first-order valence-corrected chi connectivity index (χ1v) is 19.4. The van der Waals surface area contributed by atoms with Gasteiger partial charge in [-0.1, -0.05) is 0 Å². The number of likely N-dealkylation sites (N-methyl/N-ethyl adjacent to an activating group) is 2. The summed E-state index contributed by atoms with van der Waals surface area (Å²) in [5.74, 6) is -2.50. The number of fused-ring (bicyclic) bond motifs is 2. The van der Waals surface area contributed by atoms with Crippen LogP contribution in [0.3, 0.4) is 0 Å². The van der Waals surface area contributed by atoms with Crippen molar-refractivity contribution >= 4 is 56.6 Å². The second-order valence-corrected chi connectivity index (χ2v) is 14.0. The molecule has 62 heavy (non-hydrogen) atoms. The molecule has 0 aliphatic carbocycles. The molecule has 2 amide bonds. The molecular weight excluding hydrogens is 805 g/mol. The number of amides is 2. The Labute approximate surface area is 352 Å². The summed E-state index contributed by atoms with van der Waals surface area (Å²) in [7, 11) is 0. The van der Waals surface area contributed by atoms with Gasteiger partial charge in [-0.05, 0) is 99.5 Å². The van der Waals surface area contributed by atoms with Gasteiger partial charge in [-0.25, -0.2) is 17.6 Å². The Morgan fingerprint density at radius 2 is 1.15 bits per heavy atom. The number of benzene rings is 2. The van der Waals surface area contributed by atoms with E-state index in [0.29, 0.717) is 69.3 Å². The molecule has 6 aromatic heterocycles. The van der Waals surface area contributed by atoms with Gasteiger partial charge in [-0.15, -0.1) is 0 Å². The highest BCUT2D eigenvalue weighted by Gasteiger charge is 2.17. The van der Waals surface area contributed by atoms with Crippen LogP contribution in [0, 0.1) is 37.1 Å². The number of anilines is 4. The largest absolute Gasteiger partial charge is 0.355 e. The number of aromatic nitrogens is 8. The summed E-state index contributed by atoms with van der Waals surface area (Å²) in [4.78, 5) is 41.0. The zero-order valence-electron chi connectivity index (χ0n) is 34.0. The van der Waals surface area contributed by atoms with Crippen LogP contribution in [0.25, 0.3) is 44.6 Å². The molecule has 14 nitrogen and oxygen atoms in total.